The summed E-state index contributed by atoms with van der Waals surface area (Å²) in [7, 11) is 4.91. The minimum absolute atomic E-state index is 0.0268. The van der Waals surface area contributed by atoms with Crippen LogP contribution in [-0.4, -0.2) is 55.0 Å². The summed E-state index contributed by atoms with van der Waals surface area (Å²) in [6.45, 7) is 2.62. The molecule has 1 aliphatic rings. The Hall–Kier alpha value is -3.03. The molecule has 0 atom stereocenters. The molecule has 1 aromatic carbocycles. The minimum atomic E-state index is -0.978. The Morgan fingerprint density at radius 3 is 2.52 bits per heavy atom. The van der Waals surface area contributed by atoms with E-state index in [2.05, 4.69) is 17.2 Å². The fraction of sp³-hybridized carbons (Fsp3) is 0.560. The third-order valence-electron chi connectivity index (χ3n) is 6.27. The standard InChI is InChI=1S/C25H35N3O5/c1-5-6-10-15-33-21-19(32-4)12-11-17-16-18(22(29)26-20(17)21)23(30)27-25(24(31)28(2)3)13-8-7-9-14-25/h11-12,16H,5-10,13-15H2,1-4H3,(H,26,29)(H,27,30). The Labute approximate surface area is 194 Å². The highest BCUT2D eigenvalue weighted by Gasteiger charge is 2.42. The van der Waals surface area contributed by atoms with Gasteiger partial charge in [0.2, 0.25) is 5.91 Å². The lowest BCUT2D eigenvalue weighted by atomic mass is 9.80. The van der Waals surface area contributed by atoms with Crippen LogP contribution < -0.4 is 20.3 Å². The first-order valence-corrected chi connectivity index (χ1v) is 11.7. The molecular formula is C25H35N3O5. The van der Waals surface area contributed by atoms with Crippen LogP contribution in [0.4, 0.5) is 0 Å². The zero-order valence-corrected chi connectivity index (χ0v) is 20.1. The zero-order valence-electron chi connectivity index (χ0n) is 20.1. The fourth-order valence-corrected chi connectivity index (χ4v) is 4.49. The van der Waals surface area contributed by atoms with Gasteiger partial charge in [0.25, 0.3) is 11.5 Å². The maximum Gasteiger partial charge on any atom is 0.261 e. The number of rotatable bonds is 9. The van der Waals surface area contributed by atoms with Crippen molar-refractivity contribution in [1.82, 2.24) is 15.2 Å². The number of carbonyl (C=O) groups is 2. The molecule has 0 saturated heterocycles. The van der Waals surface area contributed by atoms with E-state index >= 15 is 0 Å². The van der Waals surface area contributed by atoms with E-state index < -0.39 is 17.0 Å². The van der Waals surface area contributed by atoms with Crippen LogP contribution in [0.2, 0.25) is 0 Å². The molecule has 8 nitrogen and oxygen atoms in total. The number of fused-ring (bicyclic) bond motifs is 1. The van der Waals surface area contributed by atoms with Crippen LogP contribution in [0.15, 0.2) is 23.0 Å². The summed E-state index contributed by atoms with van der Waals surface area (Å²) < 4.78 is 11.4. The number of pyridine rings is 1. The Balaban J connectivity index is 1.95. The van der Waals surface area contributed by atoms with Gasteiger partial charge < -0.3 is 24.7 Å². The van der Waals surface area contributed by atoms with Gasteiger partial charge in [-0.2, -0.15) is 0 Å². The second kappa shape index (κ2) is 10.7. The molecule has 180 valence electrons. The first kappa shape index (κ1) is 24.6. The Bertz CT molecular complexity index is 1050. The molecule has 2 amide bonds. The second-order valence-electron chi connectivity index (χ2n) is 8.93. The van der Waals surface area contributed by atoms with Crippen LogP contribution in [0.3, 0.4) is 0 Å². The number of aromatic amines is 1. The number of ether oxygens (including phenoxy) is 2. The van der Waals surface area contributed by atoms with Gasteiger partial charge in [-0.05, 0) is 37.5 Å². The second-order valence-corrected chi connectivity index (χ2v) is 8.93. The summed E-state index contributed by atoms with van der Waals surface area (Å²) in [6.07, 6.45) is 6.87. The van der Waals surface area contributed by atoms with Gasteiger partial charge in [-0.25, -0.2) is 0 Å². The van der Waals surface area contributed by atoms with E-state index in [1.54, 1.807) is 39.4 Å². The third kappa shape index (κ3) is 5.31. The molecule has 0 radical (unpaired) electrons. The third-order valence-corrected chi connectivity index (χ3v) is 6.27. The van der Waals surface area contributed by atoms with Crippen LogP contribution in [0.1, 0.15) is 68.6 Å². The van der Waals surface area contributed by atoms with Crippen molar-refractivity contribution < 1.29 is 19.1 Å². The number of hydrogen-bond acceptors (Lipinski definition) is 5. The average Bonchev–Trinajstić information content (AvgIpc) is 2.81. The van der Waals surface area contributed by atoms with Crippen LogP contribution in [0.5, 0.6) is 11.5 Å². The van der Waals surface area contributed by atoms with E-state index in [1.165, 1.54) is 4.90 Å². The van der Waals surface area contributed by atoms with Gasteiger partial charge in [-0.3, -0.25) is 14.4 Å². The minimum Gasteiger partial charge on any atom is -0.493 e. The van der Waals surface area contributed by atoms with Crippen molar-refractivity contribution in [2.45, 2.75) is 63.8 Å². The van der Waals surface area contributed by atoms with Gasteiger partial charge in [0.05, 0.1) is 19.2 Å². The molecule has 3 rings (SSSR count). The number of hydrogen-bond donors (Lipinski definition) is 2. The van der Waals surface area contributed by atoms with Crippen LogP contribution in [-0.2, 0) is 4.79 Å². The number of methoxy groups -OCH3 is 1. The molecule has 0 spiro atoms. The van der Waals surface area contributed by atoms with Crippen molar-refractivity contribution in [3.05, 3.63) is 34.1 Å². The lowest BCUT2D eigenvalue weighted by Crippen LogP contribution is -2.59. The molecule has 1 fully saturated rings. The fourth-order valence-electron chi connectivity index (χ4n) is 4.49. The van der Waals surface area contributed by atoms with Gasteiger partial charge in [-0.1, -0.05) is 39.0 Å². The molecule has 8 heteroatoms. The van der Waals surface area contributed by atoms with E-state index in [9.17, 15) is 14.4 Å². The summed E-state index contributed by atoms with van der Waals surface area (Å²) in [5.41, 5.74) is -1.05. The molecule has 33 heavy (non-hydrogen) atoms. The highest BCUT2D eigenvalue weighted by molar-refractivity contribution is 6.01. The molecular weight excluding hydrogens is 422 g/mol. The highest BCUT2D eigenvalue weighted by atomic mass is 16.5. The predicted molar refractivity (Wildman–Crippen MR) is 128 cm³/mol. The van der Waals surface area contributed by atoms with E-state index in [4.69, 9.17) is 9.47 Å². The van der Waals surface area contributed by atoms with E-state index in [-0.39, 0.29) is 11.5 Å². The van der Waals surface area contributed by atoms with Crippen LogP contribution in [0.25, 0.3) is 10.9 Å². The quantitative estimate of drug-likeness (QED) is 0.560. The highest BCUT2D eigenvalue weighted by Crippen LogP contribution is 2.34. The van der Waals surface area contributed by atoms with Gasteiger partial charge in [-0.15, -0.1) is 0 Å². The largest absolute Gasteiger partial charge is 0.493 e. The van der Waals surface area contributed by atoms with E-state index in [0.717, 1.165) is 38.5 Å². The Kier molecular flexibility index (Phi) is 8.00. The van der Waals surface area contributed by atoms with E-state index in [0.29, 0.717) is 41.9 Å². The molecule has 0 bridgehead atoms. The number of likely N-dealkylation sites (N-methyl/N-ethyl adjacent to an activating group) is 1. The first-order chi connectivity index (χ1) is 15.8. The van der Waals surface area contributed by atoms with Crippen LogP contribution >= 0.6 is 0 Å². The maximum atomic E-state index is 13.2. The lowest BCUT2D eigenvalue weighted by molar-refractivity contribution is -0.136. The lowest BCUT2D eigenvalue weighted by Gasteiger charge is -2.38. The molecule has 1 aliphatic carbocycles. The topological polar surface area (TPSA) is 101 Å². The summed E-state index contributed by atoms with van der Waals surface area (Å²) in [6, 6.07) is 5.09. The number of amides is 2. The maximum absolute atomic E-state index is 13.2. The summed E-state index contributed by atoms with van der Waals surface area (Å²) in [5.74, 6) is 0.294. The van der Waals surface area contributed by atoms with Crippen LogP contribution in [0, 0.1) is 0 Å². The normalized spacial score (nSPS) is 15.2. The molecule has 1 aromatic heterocycles. The van der Waals surface area contributed by atoms with Gasteiger partial charge >= 0.3 is 0 Å². The van der Waals surface area contributed by atoms with Crippen molar-refractivity contribution in [2.75, 3.05) is 27.8 Å². The summed E-state index contributed by atoms with van der Waals surface area (Å²) >= 11 is 0. The molecule has 2 N–H and O–H groups in total. The summed E-state index contributed by atoms with van der Waals surface area (Å²) in [5, 5.41) is 3.57. The molecule has 0 aliphatic heterocycles. The first-order valence-electron chi connectivity index (χ1n) is 11.7. The number of benzene rings is 1. The van der Waals surface area contributed by atoms with Crippen molar-refractivity contribution in [3.8, 4) is 11.5 Å². The molecule has 1 heterocycles. The van der Waals surface area contributed by atoms with Crippen molar-refractivity contribution in [3.63, 3.8) is 0 Å². The van der Waals surface area contributed by atoms with Crippen molar-refractivity contribution >= 4 is 22.7 Å². The number of unbranched alkanes of at least 4 members (excludes halogenated alkanes) is 2. The zero-order chi connectivity index (χ0) is 24.0. The Morgan fingerprint density at radius 2 is 1.88 bits per heavy atom. The SMILES string of the molecule is CCCCCOc1c(OC)ccc2cc(C(=O)NC3(C(=O)N(C)C)CCCCC3)c(=O)[nH]c12. The van der Waals surface area contributed by atoms with Gasteiger partial charge in [0.15, 0.2) is 11.5 Å². The number of nitrogens with zero attached hydrogens (tertiary/aromatic N) is 1. The molecule has 2 aromatic rings. The molecule has 1 saturated carbocycles. The summed E-state index contributed by atoms with van der Waals surface area (Å²) in [4.78, 5) is 43.4. The number of carbonyl (C=O) groups excluding carboxylic acids is 2. The predicted octanol–water partition coefficient (Wildman–Crippen LogP) is 3.63. The average molecular weight is 458 g/mol. The monoisotopic (exact) mass is 457 g/mol. The van der Waals surface area contributed by atoms with Crippen molar-refractivity contribution in [2.24, 2.45) is 0 Å². The number of aromatic nitrogens is 1. The number of nitrogens with one attached hydrogen (secondary N) is 2. The van der Waals surface area contributed by atoms with E-state index in [1.807, 2.05) is 0 Å². The Morgan fingerprint density at radius 1 is 1.15 bits per heavy atom. The smallest absolute Gasteiger partial charge is 0.261 e. The number of H-pyrrole nitrogens is 1. The van der Waals surface area contributed by atoms with Gasteiger partial charge in [0, 0.05) is 19.5 Å². The van der Waals surface area contributed by atoms with Crippen molar-refractivity contribution in [1.29, 1.82) is 0 Å². The van der Waals surface area contributed by atoms with Gasteiger partial charge in [0.1, 0.15) is 11.1 Å². The molecule has 0 unspecified atom stereocenters.